The molecule has 0 bridgehead atoms. The summed E-state index contributed by atoms with van der Waals surface area (Å²) in [6, 6.07) is 5.13. The minimum Gasteiger partial charge on any atom is -0.384 e. The molecule has 0 atom stereocenters. The molecular weight excluding hydrogens is 257 g/mol. The summed E-state index contributed by atoms with van der Waals surface area (Å²) in [4.78, 5) is 0. The van der Waals surface area contributed by atoms with Crippen molar-refractivity contribution in [3.63, 3.8) is 0 Å². The lowest BCUT2D eigenvalue weighted by atomic mass is 10.1. The monoisotopic (exact) mass is 268 g/mol. The van der Waals surface area contributed by atoms with Crippen LogP contribution in [-0.2, 0) is 6.18 Å². The highest BCUT2D eigenvalue weighted by molar-refractivity contribution is 5.97. The Bertz CT molecular complexity index is 628. The zero-order chi connectivity index (χ0) is 14.2. The summed E-state index contributed by atoms with van der Waals surface area (Å²) in [5, 5.41) is 11.4. The summed E-state index contributed by atoms with van der Waals surface area (Å²) in [6.07, 6.45) is -2.92. The van der Waals surface area contributed by atoms with Gasteiger partial charge in [0.25, 0.3) is 0 Å². The van der Waals surface area contributed by atoms with Crippen molar-refractivity contribution in [2.45, 2.75) is 13.1 Å². The fraction of sp³-hybridized carbons (Fsp3) is 0.167. The van der Waals surface area contributed by atoms with Crippen molar-refractivity contribution >= 4 is 5.84 Å². The van der Waals surface area contributed by atoms with Gasteiger partial charge in [-0.1, -0.05) is 0 Å². The third kappa shape index (κ3) is 2.59. The van der Waals surface area contributed by atoms with Gasteiger partial charge in [0.05, 0.1) is 16.9 Å². The Balaban J connectivity index is 2.57. The number of amidine groups is 1. The van der Waals surface area contributed by atoms with Gasteiger partial charge in [-0.15, -0.1) is 0 Å². The molecule has 1 aromatic carbocycles. The van der Waals surface area contributed by atoms with Gasteiger partial charge in [-0.3, -0.25) is 5.41 Å². The van der Waals surface area contributed by atoms with Gasteiger partial charge < -0.3 is 5.73 Å². The number of alkyl halides is 3. The SMILES string of the molecule is Cc1ccn(-c2ccc(C(F)(F)F)c(C(=N)N)c2)n1. The van der Waals surface area contributed by atoms with E-state index in [1.54, 1.807) is 19.2 Å². The van der Waals surface area contributed by atoms with Gasteiger partial charge in [-0.2, -0.15) is 18.3 Å². The van der Waals surface area contributed by atoms with E-state index in [9.17, 15) is 13.2 Å². The van der Waals surface area contributed by atoms with Crippen LogP contribution in [0.15, 0.2) is 30.5 Å². The molecule has 0 unspecified atom stereocenters. The van der Waals surface area contributed by atoms with Crippen LogP contribution in [0.5, 0.6) is 0 Å². The molecule has 0 aliphatic heterocycles. The molecule has 0 spiro atoms. The first-order valence-corrected chi connectivity index (χ1v) is 5.37. The van der Waals surface area contributed by atoms with Crippen LogP contribution in [0.2, 0.25) is 0 Å². The number of aromatic nitrogens is 2. The van der Waals surface area contributed by atoms with Crippen molar-refractivity contribution < 1.29 is 13.2 Å². The standard InChI is InChI=1S/C12H11F3N4/c1-7-4-5-19(18-7)8-2-3-10(12(13,14)15)9(6-8)11(16)17/h2-6H,1H3,(H3,16,17). The molecular formula is C12H11F3N4. The number of benzene rings is 1. The Morgan fingerprint density at radius 1 is 1.32 bits per heavy atom. The maximum atomic E-state index is 12.8. The Morgan fingerprint density at radius 3 is 2.47 bits per heavy atom. The number of halogens is 3. The second kappa shape index (κ2) is 4.42. The normalized spacial score (nSPS) is 11.6. The smallest absolute Gasteiger partial charge is 0.384 e. The van der Waals surface area contributed by atoms with Crippen molar-refractivity contribution in [3.8, 4) is 5.69 Å². The lowest BCUT2D eigenvalue weighted by Crippen LogP contribution is -2.19. The van der Waals surface area contributed by atoms with Gasteiger partial charge in [0.2, 0.25) is 0 Å². The fourth-order valence-corrected chi connectivity index (χ4v) is 1.70. The van der Waals surface area contributed by atoms with Crippen molar-refractivity contribution in [1.29, 1.82) is 5.41 Å². The van der Waals surface area contributed by atoms with Gasteiger partial charge in [-0.25, -0.2) is 4.68 Å². The molecule has 0 amide bonds. The molecule has 2 rings (SSSR count). The average molecular weight is 268 g/mol. The number of nitrogens with two attached hydrogens (primary N) is 1. The molecule has 1 heterocycles. The van der Waals surface area contributed by atoms with E-state index in [1.807, 2.05) is 0 Å². The Labute approximate surface area is 107 Å². The molecule has 0 saturated heterocycles. The van der Waals surface area contributed by atoms with E-state index < -0.39 is 17.6 Å². The van der Waals surface area contributed by atoms with Crippen LogP contribution in [-0.4, -0.2) is 15.6 Å². The Kier molecular flexibility index (Phi) is 3.05. The molecule has 4 nitrogen and oxygen atoms in total. The van der Waals surface area contributed by atoms with Crippen LogP contribution in [0.1, 0.15) is 16.8 Å². The number of nitrogens with one attached hydrogen (secondary N) is 1. The number of aryl methyl sites for hydroxylation is 1. The number of nitrogen functional groups attached to an aromatic ring is 1. The van der Waals surface area contributed by atoms with E-state index in [0.717, 1.165) is 11.8 Å². The van der Waals surface area contributed by atoms with Crippen LogP contribution in [0, 0.1) is 12.3 Å². The molecule has 19 heavy (non-hydrogen) atoms. The minimum absolute atomic E-state index is 0.349. The Morgan fingerprint density at radius 2 is 2.00 bits per heavy atom. The summed E-state index contributed by atoms with van der Waals surface area (Å²) in [5.74, 6) is -0.627. The molecule has 3 N–H and O–H groups in total. The van der Waals surface area contributed by atoms with Gasteiger partial charge in [0.1, 0.15) is 5.84 Å². The van der Waals surface area contributed by atoms with E-state index >= 15 is 0 Å². The molecule has 2 aromatic rings. The highest BCUT2D eigenvalue weighted by atomic mass is 19.4. The molecule has 0 aliphatic carbocycles. The maximum Gasteiger partial charge on any atom is 0.417 e. The Hall–Kier alpha value is -2.31. The minimum atomic E-state index is -4.54. The summed E-state index contributed by atoms with van der Waals surface area (Å²) < 4.78 is 39.7. The van der Waals surface area contributed by atoms with E-state index in [4.69, 9.17) is 11.1 Å². The van der Waals surface area contributed by atoms with Gasteiger partial charge >= 0.3 is 6.18 Å². The molecule has 0 radical (unpaired) electrons. The van der Waals surface area contributed by atoms with Crippen molar-refractivity contribution in [2.24, 2.45) is 5.73 Å². The number of hydrogen-bond donors (Lipinski definition) is 2. The quantitative estimate of drug-likeness (QED) is 0.649. The number of nitrogens with zero attached hydrogens (tertiary/aromatic N) is 2. The molecule has 1 aromatic heterocycles. The maximum absolute atomic E-state index is 12.8. The lowest BCUT2D eigenvalue weighted by molar-refractivity contribution is -0.137. The van der Waals surface area contributed by atoms with E-state index in [1.165, 1.54) is 16.8 Å². The summed E-state index contributed by atoms with van der Waals surface area (Å²) in [7, 11) is 0. The van der Waals surface area contributed by atoms with Crippen molar-refractivity contribution in [1.82, 2.24) is 9.78 Å². The van der Waals surface area contributed by atoms with Crippen LogP contribution < -0.4 is 5.73 Å². The lowest BCUT2D eigenvalue weighted by Gasteiger charge is -2.13. The third-order valence-electron chi connectivity index (χ3n) is 2.59. The van der Waals surface area contributed by atoms with Crippen LogP contribution in [0.4, 0.5) is 13.2 Å². The number of rotatable bonds is 2. The molecule has 0 aliphatic rings. The van der Waals surface area contributed by atoms with Gasteiger partial charge in [-0.05, 0) is 31.2 Å². The second-order valence-electron chi connectivity index (χ2n) is 4.04. The van der Waals surface area contributed by atoms with Crippen LogP contribution in [0.25, 0.3) is 5.69 Å². The van der Waals surface area contributed by atoms with E-state index in [2.05, 4.69) is 5.10 Å². The average Bonchev–Trinajstić information content (AvgIpc) is 2.74. The topological polar surface area (TPSA) is 67.7 Å². The predicted octanol–water partition coefficient (Wildman–Crippen LogP) is 2.48. The van der Waals surface area contributed by atoms with Crippen molar-refractivity contribution in [3.05, 3.63) is 47.3 Å². The van der Waals surface area contributed by atoms with Crippen LogP contribution in [0.3, 0.4) is 0 Å². The summed E-state index contributed by atoms with van der Waals surface area (Å²) in [6.45, 7) is 1.77. The van der Waals surface area contributed by atoms with E-state index in [0.29, 0.717) is 5.69 Å². The summed E-state index contributed by atoms with van der Waals surface area (Å²) >= 11 is 0. The number of hydrogen-bond acceptors (Lipinski definition) is 2. The molecule has 0 fully saturated rings. The first kappa shape index (κ1) is 13.1. The second-order valence-corrected chi connectivity index (χ2v) is 4.04. The van der Waals surface area contributed by atoms with Crippen LogP contribution >= 0.6 is 0 Å². The first-order chi connectivity index (χ1) is 8.79. The zero-order valence-electron chi connectivity index (χ0n) is 9.99. The summed E-state index contributed by atoms with van der Waals surface area (Å²) in [5.41, 5.74) is 5.11. The highest BCUT2D eigenvalue weighted by Crippen LogP contribution is 2.32. The molecule has 7 heteroatoms. The predicted molar refractivity (Wildman–Crippen MR) is 64.3 cm³/mol. The van der Waals surface area contributed by atoms with Gasteiger partial charge in [0.15, 0.2) is 0 Å². The highest BCUT2D eigenvalue weighted by Gasteiger charge is 2.34. The first-order valence-electron chi connectivity index (χ1n) is 5.37. The van der Waals surface area contributed by atoms with Crippen molar-refractivity contribution in [2.75, 3.05) is 0 Å². The van der Waals surface area contributed by atoms with Gasteiger partial charge in [0, 0.05) is 11.8 Å². The molecule has 100 valence electrons. The largest absolute Gasteiger partial charge is 0.417 e. The third-order valence-corrected chi connectivity index (χ3v) is 2.59. The zero-order valence-corrected chi connectivity index (χ0v) is 9.99. The van der Waals surface area contributed by atoms with E-state index in [-0.39, 0.29) is 5.56 Å². The molecule has 0 saturated carbocycles. The fourth-order valence-electron chi connectivity index (χ4n) is 1.70.